The van der Waals surface area contributed by atoms with E-state index in [0.717, 1.165) is 41.9 Å². The van der Waals surface area contributed by atoms with Gasteiger partial charge in [-0.25, -0.2) is 8.78 Å². The Morgan fingerprint density at radius 3 is 2.24 bits per heavy atom. The van der Waals surface area contributed by atoms with E-state index in [4.69, 9.17) is 0 Å². The highest BCUT2D eigenvalue weighted by atomic mass is 19.2. The number of hydrogen-bond donors (Lipinski definition) is 0. The maximum atomic E-state index is 13.3. The first-order valence-corrected chi connectivity index (χ1v) is 11.2. The predicted molar refractivity (Wildman–Crippen MR) is 115 cm³/mol. The maximum Gasteiger partial charge on any atom is 0.160 e. The standard InChI is InChI=1S/C27H30F2/c1-2-3-19-6-10-22(11-7-19)24-14-13-23-16-20(8-12-25(23)18-24)4-5-21-9-15-26(28)27(29)17-21/h8-9,12,15-17,19,22,24H,2-3,6-7,10-11,13-14,18H2,1H3. The van der Waals surface area contributed by atoms with Gasteiger partial charge < -0.3 is 0 Å². The molecule has 2 aliphatic carbocycles. The molecule has 1 saturated carbocycles. The molecule has 0 amide bonds. The molecular weight excluding hydrogens is 362 g/mol. The molecule has 0 bridgehead atoms. The fourth-order valence-electron chi connectivity index (χ4n) is 5.34. The monoisotopic (exact) mass is 392 g/mol. The molecule has 152 valence electrons. The Kier molecular flexibility index (Phi) is 6.34. The van der Waals surface area contributed by atoms with Crippen LogP contribution < -0.4 is 0 Å². The summed E-state index contributed by atoms with van der Waals surface area (Å²) in [7, 11) is 0. The van der Waals surface area contributed by atoms with Crippen molar-refractivity contribution in [3.63, 3.8) is 0 Å². The number of benzene rings is 2. The summed E-state index contributed by atoms with van der Waals surface area (Å²) in [5, 5.41) is 0. The fourth-order valence-corrected chi connectivity index (χ4v) is 5.34. The van der Waals surface area contributed by atoms with E-state index in [0.29, 0.717) is 5.56 Å². The van der Waals surface area contributed by atoms with Gasteiger partial charge in [-0.05, 0) is 91.3 Å². The molecular formula is C27H30F2. The van der Waals surface area contributed by atoms with E-state index in [9.17, 15) is 8.78 Å². The van der Waals surface area contributed by atoms with Gasteiger partial charge >= 0.3 is 0 Å². The molecule has 2 aromatic carbocycles. The molecule has 0 heterocycles. The molecule has 0 spiro atoms. The molecule has 0 saturated heterocycles. The van der Waals surface area contributed by atoms with Crippen LogP contribution in [0.2, 0.25) is 0 Å². The molecule has 0 aliphatic heterocycles. The smallest absolute Gasteiger partial charge is 0.160 e. The second kappa shape index (κ2) is 9.12. The Morgan fingerprint density at radius 2 is 1.52 bits per heavy atom. The normalized spacial score (nSPS) is 23.8. The first-order valence-electron chi connectivity index (χ1n) is 11.2. The number of rotatable bonds is 3. The summed E-state index contributed by atoms with van der Waals surface area (Å²) in [6.07, 6.45) is 12.1. The Balaban J connectivity index is 1.40. The van der Waals surface area contributed by atoms with Gasteiger partial charge in [-0.3, -0.25) is 0 Å². The topological polar surface area (TPSA) is 0 Å². The zero-order valence-corrected chi connectivity index (χ0v) is 17.3. The van der Waals surface area contributed by atoms with Crippen LogP contribution in [0.15, 0.2) is 36.4 Å². The van der Waals surface area contributed by atoms with E-state index < -0.39 is 11.6 Å². The van der Waals surface area contributed by atoms with E-state index >= 15 is 0 Å². The minimum Gasteiger partial charge on any atom is -0.204 e. The lowest BCUT2D eigenvalue weighted by molar-refractivity contribution is 0.184. The molecule has 0 N–H and O–H groups in total. The molecule has 1 fully saturated rings. The molecule has 29 heavy (non-hydrogen) atoms. The lowest BCUT2D eigenvalue weighted by Gasteiger charge is -2.36. The van der Waals surface area contributed by atoms with E-state index in [-0.39, 0.29) is 0 Å². The fraction of sp³-hybridized carbons (Fsp3) is 0.481. The second-order valence-corrected chi connectivity index (χ2v) is 8.93. The van der Waals surface area contributed by atoms with Crippen LogP contribution in [-0.4, -0.2) is 0 Å². The highest BCUT2D eigenvalue weighted by Crippen LogP contribution is 2.40. The molecule has 2 heteroatoms. The number of aryl methyl sites for hydroxylation is 1. The lowest BCUT2D eigenvalue weighted by Crippen LogP contribution is -2.26. The van der Waals surface area contributed by atoms with Crippen LogP contribution in [0.3, 0.4) is 0 Å². The number of hydrogen-bond acceptors (Lipinski definition) is 0. The maximum absolute atomic E-state index is 13.3. The van der Waals surface area contributed by atoms with E-state index in [1.54, 1.807) is 0 Å². The molecule has 4 rings (SSSR count). The highest BCUT2D eigenvalue weighted by Gasteiger charge is 2.29. The minimum absolute atomic E-state index is 0.500. The van der Waals surface area contributed by atoms with Gasteiger partial charge in [0.25, 0.3) is 0 Å². The molecule has 2 aromatic rings. The van der Waals surface area contributed by atoms with E-state index in [1.165, 1.54) is 68.6 Å². The summed E-state index contributed by atoms with van der Waals surface area (Å²) in [5.41, 5.74) is 4.35. The molecule has 0 aromatic heterocycles. The van der Waals surface area contributed by atoms with Crippen LogP contribution in [0.25, 0.3) is 0 Å². The van der Waals surface area contributed by atoms with Crippen molar-refractivity contribution in [2.45, 2.75) is 64.7 Å². The van der Waals surface area contributed by atoms with Crippen molar-refractivity contribution in [2.75, 3.05) is 0 Å². The molecule has 0 radical (unpaired) electrons. The predicted octanol–water partition coefficient (Wildman–Crippen LogP) is 7.08. The zero-order valence-electron chi connectivity index (χ0n) is 17.3. The van der Waals surface area contributed by atoms with Crippen LogP contribution in [0.1, 0.15) is 74.1 Å². The number of halogens is 2. The third kappa shape index (κ3) is 4.89. The third-order valence-corrected chi connectivity index (χ3v) is 7.00. The van der Waals surface area contributed by atoms with Crippen LogP contribution in [-0.2, 0) is 12.8 Å². The molecule has 1 atom stereocenters. The van der Waals surface area contributed by atoms with Crippen molar-refractivity contribution in [2.24, 2.45) is 17.8 Å². The summed E-state index contributed by atoms with van der Waals surface area (Å²) in [6.45, 7) is 2.31. The first-order chi connectivity index (χ1) is 14.1. The van der Waals surface area contributed by atoms with Crippen LogP contribution >= 0.6 is 0 Å². The Morgan fingerprint density at radius 1 is 0.793 bits per heavy atom. The average molecular weight is 393 g/mol. The van der Waals surface area contributed by atoms with Crippen molar-refractivity contribution in [1.82, 2.24) is 0 Å². The van der Waals surface area contributed by atoms with Gasteiger partial charge in [0.15, 0.2) is 11.6 Å². The quantitative estimate of drug-likeness (QED) is 0.490. The molecule has 1 unspecified atom stereocenters. The largest absolute Gasteiger partial charge is 0.204 e. The van der Waals surface area contributed by atoms with Crippen LogP contribution in [0.5, 0.6) is 0 Å². The third-order valence-electron chi connectivity index (χ3n) is 7.00. The average Bonchev–Trinajstić information content (AvgIpc) is 2.75. The zero-order chi connectivity index (χ0) is 20.2. The van der Waals surface area contributed by atoms with Gasteiger partial charge in [0, 0.05) is 11.1 Å². The van der Waals surface area contributed by atoms with Gasteiger partial charge in [-0.15, -0.1) is 0 Å². The lowest BCUT2D eigenvalue weighted by atomic mass is 9.69. The second-order valence-electron chi connectivity index (χ2n) is 8.93. The summed E-state index contributed by atoms with van der Waals surface area (Å²) >= 11 is 0. The summed E-state index contributed by atoms with van der Waals surface area (Å²) < 4.78 is 26.4. The van der Waals surface area contributed by atoms with Gasteiger partial charge in [0.1, 0.15) is 0 Å². The summed E-state index contributed by atoms with van der Waals surface area (Å²) in [6, 6.07) is 10.3. The Labute approximate surface area is 173 Å². The van der Waals surface area contributed by atoms with Crippen molar-refractivity contribution in [1.29, 1.82) is 0 Å². The Bertz CT molecular complexity index is 910. The Hall–Kier alpha value is -2.14. The SMILES string of the molecule is CCCC1CCC(C2CCc3cc(C#Cc4ccc(F)c(F)c4)ccc3C2)CC1. The number of fused-ring (bicyclic) bond motifs is 1. The highest BCUT2D eigenvalue weighted by molar-refractivity contribution is 5.46. The van der Waals surface area contributed by atoms with Crippen LogP contribution in [0.4, 0.5) is 8.78 Å². The van der Waals surface area contributed by atoms with E-state index in [2.05, 4.69) is 37.0 Å². The first kappa shape index (κ1) is 20.1. The summed E-state index contributed by atoms with van der Waals surface area (Å²) in [5.74, 6) is 7.10. The van der Waals surface area contributed by atoms with Crippen molar-refractivity contribution in [3.8, 4) is 11.8 Å². The van der Waals surface area contributed by atoms with E-state index in [1.807, 2.05) is 0 Å². The van der Waals surface area contributed by atoms with Gasteiger partial charge in [-0.2, -0.15) is 0 Å². The molecule has 0 nitrogen and oxygen atoms in total. The minimum atomic E-state index is -0.850. The van der Waals surface area contributed by atoms with Crippen molar-refractivity contribution < 1.29 is 8.78 Å². The van der Waals surface area contributed by atoms with Gasteiger partial charge in [0.05, 0.1) is 0 Å². The molecule has 2 aliphatic rings. The summed E-state index contributed by atoms with van der Waals surface area (Å²) in [4.78, 5) is 0. The van der Waals surface area contributed by atoms with Crippen molar-refractivity contribution >= 4 is 0 Å². The van der Waals surface area contributed by atoms with Crippen molar-refractivity contribution in [3.05, 3.63) is 70.3 Å². The van der Waals surface area contributed by atoms with Gasteiger partial charge in [-0.1, -0.05) is 50.5 Å². The van der Waals surface area contributed by atoms with Gasteiger partial charge in [0.2, 0.25) is 0 Å². The van der Waals surface area contributed by atoms with Crippen LogP contribution in [0, 0.1) is 41.2 Å².